The van der Waals surface area contributed by atoms with E-state index in [1.807, 2.05) is 39.0 Å². The van der Waals surface area contributed by atoms with E-state index in [4.69, 9.17) is 29.0 Å². The number of methoxy groups -OCH3 is 1. The molecule has 0 bridgehead atoms. The lowest BCUT2D eigenvalue weighted by Crippen LogP contribution is -2.42. The summed E-state index contributed by atoms with van der Waals surface area (Å²) in [6, 6.07) is 11.3. The third kappa shape index (κ3) is 7.49. The van der Waals surface area contributed by atoms with Gasteiger partial charge in [0, 0.05) is 5.39 Å². The Labute approximate surface area is 271 Å². The third-order valence-corrected chi connectivity index (χ3v) is 9.35. The first-order valence-corrected chi connectivity index (χ1v) is 16.6. The number of imidazole rings is 1. The summed E-state index contributed by atoms with van der Waals surface area (Å²) in [5.74, 6) is -0.512. The number of esters is 1. The molecule has 3 heterocycles. The molecule has 4 aromatic rings. The molecular formula is C31H40FN6O8P. The maximum Gasteiger partial charge on any atom is 0.459 e. The number of nitrogens with two attached hydrogens (primary N) is 1. The van der Waals surface area contributed by atoms with Crippen LogP contribution in [0.2, 0.25) is 0 Å². The first-order chi connectivity index (χ1) is 22.1. The quantitative estimate of drug-likeness (QED) is 0.139. The van der Waals surface area contributed by atoms with Crippen LogP contribution < -0.4 is 20.1 Å². The minimum atomic E-state index is -4.43. The molecular weight excluding hydrogens is 634 g/mol. The summed E-state index contributed by atoms with van der Waals surface area (Å²) < 4.78 is 59.8. The van der Waals surface area contributed by atoms with Crippen molar-refractivity contribution in [2.24, 2.45) is 5.41 Å². The van der Waals surface area contributed by atoms with Gasteiger partial charge in [-0.1, -0.05) is 57.2 Å². The van der Waals surface area contributed by atoms with Crippen LogP contribution in [0.15, 0.2) is 48.8 Å². The van der Waals surface area contributed by atoms with Crippen LogP contribution in [0.3, 0.4) is 0 Å². The van der Waals surface area contributed by atoms with Crippen molar-refractivity contribution in [2.75, 3.05) is 26.1 Å². The van der Waals surface area contributed by atoms with Gasteiger partial charge >= 0.3 is 13.7 Å². The molecule has 4 N–H and O–H groups in total. The number of benzene rings is 2. The molecule has 14 nitrogen and oxygen atoms in total. The van der Waals surface area contributed by atoms with E-state index in [0.717, 1.165) is 5.39 Å². The van der Waals surface area contributed by atoms with Gasteiger partial charge in [-0.05, 0) is 37.1 Å². The first-order valence-electron chi connectivity index (χ1n) is 15.0. The molecule has 5 rings (SSSR count). The summed E-state index contributed by atoms with van der Waals surface area (Å²) in [4.78, 5) is 25.2. The van der Waals surface area contributed by atoms with E-state index in [1.54, 1.807) is 24.3 Å². The Morgan fingerprint density at radius 1 is 1.23 bits per heavy atom. The van der Waals surface area contributed by atoms with Gasteiger partial charge in [0.2, 0.25) is 11.8 Å². The Balaban J connectivity index is 1.38. The van der Waals surface area contributed by atoms with Gasteiger partial charge in [-0.25, -0.2) is 13.9 Å². The Kier molecular flexibility index (Phi) is 9.76. The van der Waals surface area contributed by atoms with E-state index in [9.17, 15) is 14.5 Å². The van der Waals surface area contributed by atoms with Crippen LogP contribution in [0.4, 0.5) is 10.3 Å². The number of aromatic nitrogens is 4. The van der Waals surface area contributed by atoms with Gasteiger partial charge in [-0.15, -0.1) is 0 Å². The molecule has 0 saturated carbocycles. The summed E-state index contributed by atoms with van der Waals surface area (Å²) in [6.07, 6.45) is -2.91. The smallest absolute Gasteiger partial charge is 0.459 e. The predicted molar refractivity (Wildman–Crippen MR) is 171 cm³/mol. The number of alkyl halides is 1. The zero-order valence-corrected chi connectivity index (χ0v) is 27.9. The fourth-order valence-corrected chi connectivity index (χ4v) is 6.64. The molecule has 0 amide bonds. The number of hydrogen-bond acceptors (Lipinski definition) is 12. The van der Waals surface area contributed by atoms with E-state index in [1.165, 1.54) is 31.9 Å². The number of rotatable bonds is 12. The molecule has 1 aliphatic rings. The SMILES string of the molecule is COc1nc(N)nc2c1ncn2C1OC(COP(=O)(NC(C)C(=O)OCCC(C)(C)C)Oc2cccc3ccccc23)C(F)C1(C)O. The number of carbonyl (C=O) groups is 1. The van der Waals surface area contributed by atoms with Crippen LogP contribution in [0.5, 0.6) is 11.6 Å². The maximum absolute atomic E-state index is 15.9. The highest BCUT2D eigenvalue weighted by atomic mass is 31.2. The summed E-state index contributed by atoms with van der Waals surface area (Å²) in [5.41, 5.74) is 4.00. The summed E-state index contributed by atoms with van der Waals surface area (Å²) in [6.45, 7) is 8.27. The number of carbonyl (C=O) groups excluding carboxylic acids is 1. The van der Waals surface area contributed by atoms with Gasteiger partial charge in [-0.2, -0.15) is 15.1 Å². The lowest BCUT2D eigenvalue weighted by Gasteiger charge is -2.26. The molecule has 254 valence electrons. The maximum atomic E-state index is 15.9. The average molecular weight is 675 g/mol. The van der Waals surface area contributed by atoms with Crippen LogP contribution in [-0.4, -0.2) is 74.8 Å². The molecule has 6 atom stereocenters. The van der Waals surface area contributed by atoms with Crippen molar-refractivity contribution in [1.82, 2.24) is 24.6 Å². The van der Waals surface area contributed by atoms with E-state index in [0.29, 0.717) is 11.8 Å². The van der Waals surface area contributed by atoms with E-state index in [-0.39, 0.29) is 40.8 Å². The molecule has 0 aliphatic carbocycles. The zero-order valence-electron chi connectivity index (χ0n) is 27.0. The molecule has 2 aromatic heterocycles. The van der Waals surface area contributed by atoms with Crippen LogP contribution >= 0.6 is 7.75 Å². The topological polar surface area (TPSA) is 182 Å². The van der Waals surface area contributed by atoms with E-state index in [2.05, 4.69) is 20.0 Å². The van der Waals surface area contributed by atoms with Gasteiger partial charge < -0.3 is 29.6 Å². The van der Waals surface area contributed by atoms with Crippen molar-refractivity contribution >= 4 is 41.6 Å². The summed E-state index contributed by atoms with van der Waals surface area (Å²) in [7, 11) is -3.05. The van der Waals surface area contributed by atoms with Crippen molar-refractivity contribution in [3.8, 4) is 11.6 Å². The fraction of sp³-hybridized carbons (Fsp3) is 0.484. The normalized spacial score (nSPS) is 23.4. The lowest BCUT2D eigenvalue weighted by atomic mass is 9.93. The van der Waals surface area contributed by atoms with Crippen LogP contribution in [0.1, 0.15) is 47.3 Å². The number of halogens is 1. The molecule has 2 aromatic carbocycles. The monoisotopic (exact) mass is 674 g/mol. The highest BCUT2D eigenvalue weighted by Crippen LogP contribution is 2.49. The molecule has 0 radical (unpaired) electrons. The second-order valence-corrected chi connectivity index (χ2v) is 14.5. The molecule has 1 fully saturated rings. The predicted octanol–water partition coefficient (Wildman–Crippen LogP) is 4.72. The van der Waals surface area contributed by atoms with Gasteiger partial charge in [0.05, 0.1) is 26.7 Å². The molecule has 47 heavy (non-hydrogen) atoms. The van der Waals surface area contributed by atoms with Crippen molar-refractivity contribution in [3.63, 3.8) is 0 Å². The molecule has 1 saturated heterocycles. The number of hydrogen-bond donors (Lipinski definition) is 3. The van der Waals surface area contributed by atoms with Crippen LogP contribution in [-0.2, 0) is 23.4 Å². The Morgan fingerprint density at radius 3 is 2.68 bits per heavy atom. The second-order valence-electron chi connectivity index (χ2n) is 12.8. The highest BCUT2D eigenvalue weighted by molar-refractivity contribution is 7.52. The number of nitrogens with one attached hydrogen (secondary N) is 1. The van der Waals surface area contributed by atoms with Gasteiger partial charge in [0.15, 0.2) is 23.6 Å². The van der Waals surface area contributed by atoms with Gasteiger partial charge in [0.25, 0.3) is 0 Å². The number of aliphatic hydroxyl groups is 1. The Morgan fingerprint density at radius 2 is 1.96 bits per heavy atom. The second kappa shape index (κ2) is 13.3. The van der Waals surface area contributed by atoms with E-state index < -0.39 is 50.5 Å². The molecule has 0 spiro atoms. The van der Waals surface area contributed by atoms with Crippen molar-refractivity contribution in [2.45, 2.75) is 71.2 Å². The van der Waals surface area contributed by atoms with Gasteiger partial charge in [-0.3, -0.25) is 13.9 Å². The van der Waals surface area contributed by atoms with Crippen LogP contribution in [0.25, 0.3) is 21.9 Å². The minimum Gasteiger partial charge on any atom is -0.479 e. The number of anilines is 1. The van der Waals surface area contributed by atoms with Crippen LogP contribution in [0, 0.1) is 5.41 Å². The number of nitrogen functional groups attached to an aromatic ring is 1. The standard InChI is InChI=1S/C31H40FN6O8P/c1-18(27(39)43-15-14-30(2,3)4)37-47(41,46-21-13-9-11-19-10-7-8-12-20(19)21)44-16-22-24(32)31(5,40)28(45-22)38-17-34-23-25(38)35-29(33)36-26(23)42-6/h7-13,17-18,22,24,28,40H,14-16H2,1-6H3,(H,37,41)(H2,33,35,36). The van der Waals surface area contributed by atoms with Gasteiger partial charge in [0.1, 0.15) is 23.5 Å². The third-order valence-electron chi connectivity index (χ3n) is 7.72. The van der Waals surface area contributed by atoms with Crippen molar-refractivity contribution in [3.05, 3.63) is 48.8 Å². The molecule has 6 unspecified atom stereocenters. The lowest BCUT2D eigenvalue weighted by molar-refractivity contribution is -0.145. The first kappa shape index (κ1) is 34.5. The van der Waals surface area contributed by atoms with E-state index >= 15 is 4.39 Å². The number of nitrogens with zero attached hydrogens (tertiary/aromatic N) is 4. The Bertz CT molecular complexity index is 1790. The molecule has 1 aliphatic heterocycles. The minimum absolute atomic E-state index is 0.0648. The Hall–Kier alpha value is -3.88. The number of ether oxygens (including phenoxy) is 3. The zero-order chi connectivity index (χ0) is 34.1. The summed E-state index contributed by atoms with van der Waals surface area (Å²) in [5, 5.41) is 15.3. The van der Waals surface area contributed by atoms with Crippen molar-refractivity contribution < 1.29 is 42.1 Å². The summed E-state index contributed by atoms with van der Waals surface area (Å²) >= 11 is 0. The highest BCUT2D eigenvalue weighted by Gasteiger charge is 2.55. The largest absolute Gasteiger partial charge is 0.479 e. The number of fused-ring (bicyclic) bond motifs is 2. The average Bonchev–Trinajstić information content (AvgIpc) is 3.52. The van der Waals surface area contributed by atoms with Crippen molar-refractivity contribution in [1.29, 1.82) is 0 Å². The fourth-order valence-electron chi connectivity index (χ4n) is 5.12. The molecule has 16 heteroatoms.